The third-order valence-corrected chi connectivity index (χ3v) is 11.0. The van der Waals surface area contributed by atoms with Gasteiger partial charge in [0, 0.05) is 43.5 Å². The Balaban J connectivity index is 1.27. The number of hydrogen-bond acceptors (Lipinski definition) is 6. The molecule has 2 aliphatic heterocycles. The third-order valence-electron chi connectivity index (χ3n) is 8.34. The molecule has 1 aromatic carbocycles. The van der Waals surface area contributed by atoms with Crippen molar-refractivity contribution in [2.45, 2.75) is 70.9 Å². The molecule has 2 aliphatic rings. The molecule has 0 saturated carbocycles. The van der Waals surface area contributed by atoms with Crippen LogP contribution in [0.25, 0.3) is 0 Å². The third kappa shape index (κ3) is 7.30. The van der Waals surface area contributed by atoms with Crippen LogP contribution >= 0.6 is 23.2 Å². The van der Waals surface area contributed by atoms with E-state index in [2.05, 4.69) is 14.9 Å². The van der Waals surface area contributed by atoms with Gasteiger partial charge in [-0.1, -0.05) is 29.3 Å². The average molecular weight is 597 g/mol. The summed E-state index contributed by atoms with van der Waals surface area (Å²) in [7, 11) is -1.45. The fourth-order valence-electron chi connectivity index (χ4n) is 5.74. The molecule has 214 valence electrons. The Morgan fingerprint density at radius 1 is 1.03 bits per heavy atom. The van der Waals surface area contributed by atoms with Crippen molar-refractivity contribution in [2.24, 2.45) is 0 Å². The van der Waals surface area contributed by atoms with Gasteiger partial charge in [-0.2, -0.15) is 0 Å². The summed E-state index contributed by atoms with van der Waals surface area (Å²) in [6.45, 7) is 6.81. The molecule has 0 bridgehead atoms. The maximum Gasteiger partial charge on any atom is 0.272 e. The Labute approximate surface area is 242 Å². The first-order valence-corrected chi connectivity index (χ1v) is 16.2. The first-order valence-electron chi connectivity index (χ1n) is 13.8. The average Bonchev–Trinajstić information content (AvgIpc) is 2.95. The standard InChI is InChI=1S/C28H39Cl2N5O3S/c1-4-39(37,38)33(3)22-10-14-34(15-11-22)23-12-16-35(17-13-23)28(36)27-20(2)26(31-19-32-27)7-5-6-21-8-9-24(29)25(30)18-21/h8-9,18-19,22-23H,4-7,10-17H2,1-3H3. The van der Waals surface area contributed by atoms with Crippen molar-refractivity contribution in [2.75, 3.05) is 39.0 Å². The van der Waals surface area contributed by atoms with E-state index >= 15 is 0 Å². The SMILES string of the molecule is CCS(=O)(=O)N(C)C1CCN(C2CCN(C(=O)c3ncnc(CCCc4ccc(Cl)c(Cl)c4)c3C)CC2)CC1. The minimum Gasteiger partial charge on any atom is -0.337 e. The van der Waals surface area contributed by atoms with Crippen LogP contribution < -0.4 is 0 Å². The minimum absolute atomic E-state index is 0.0239. The molecule has 1 amide bonds. The number of hydrogen-bond donors (Lipinski definition) is 0. The summed E-state index contributed by atoms with van der Waals surface area (Å²) in [5.41, 5.74) is 3.37. The molecule has 3 heterocycles. The molecule has 2 saturated heterocycles. The molecule has 0 aliphatic carbocycles. The summed E-state index contributed by atoms with van der Waals surface area (Å²) in [6, 6.07) is 6.19. The molecular formula is C28H39Cl2N5O3S. The molecule has 2 fully saturated rings. The Morgan fingerprint density at radius 3 is 2.36 bits per heavy atom. The predicted molar refractivity (Wildman–Crippen MR) is 156 cm³/mol. The van der Waals surface area contributed by atoms with E-state index < -0.39 is 10.0 Å². The summed E-state index contributed by atoms with van der Waals surface area (Å²) in [5, 5.41) is 1.11. The van der Waals surface area contributed by atoms with Gasteiger partial charge in [0.1, 0.15) is 12.0 Å². The molecule has 8 nitrogen and oxygen atoms in total. The first kappa shape index (κ1) is 30.2. The first-order chi connectivity index (χ1) is 18.6. The van der Waals surface area contributed by atoms with Gasteiger partial charge in [-0.05, 0) is 89.6 Å². The van der Waals surface area contributed by atoms with Crippen molar-refractivity contribution < 1.29 is 13.2 Å². The highest BCUT2D eigenvalue weighted by molar-refractivity contribution is 7.89. The van der Waals surface area contributed by atoms with Gasteiger partial charge in [0.15, 0.2) is 0 Å². The highest BCUT2D eigenvalue weighted by atomic mass is 35.5. The van der Waals surface area contributed by atoms with Crippen LogP contribution in [0.4, 0.5) is 0 Å². The normalized spacial score (nSPS) is 18.2. The minimum atomic E-state index is -3.16. The second kappa shape index (κ2) is 13.3. The number of amides is 1. The molecule has 11 heteroatoms. The smallest absolute Gasteiger partial charge is 0.272 e. The van der Waals surface area contributed by atoms with Gasteiger partial charge in [0.25, 0.3) is 5.91 Å². The van der Waals surface area contributed by atoms with Crippen LogP contribution in [-0.2, 0) is 22.9 Å². The monoisotopic (exact) mass is 595 g/mol. The van der Waals surface area contributed by atoms with E-state index in [1.54, 1.807) is 18.3 Å². The van der Waals surface area contributed by atoms with Gasteiger partial charge in [-0.3, -0.25) is 4.79 Å². The number of aromatic nitrogens is 2. The molecule has 39 heavy (non-hydrogen) atoms. The lowest BCUT2D eigenvalue weighted by atomic mass is 9.97. The lowest BCUT2D eigenvalue weighted by Gasteiger charge is -2.43. The van der Waals surface area contributed by atoms with E-state index in [1.165, 1.54) is 6.33 Å². The van der Waals surface area contributed by atoms with Crippen LogP contribution in [0.1, 0.15) is 66.3 Å². The number of aryl methyl sites for hydroxylation is 2. The van der Waals surface area contributed by atoms with Gasteiger partial charge < -0.3 is 9.80 Å². The summed E-state index contributed by atoms with van der Waals surface area (Å²) in [4.78, 5) is 26.6. The zero-order chi connectivity index (χ0) is 28.2. The second-order valence-corrected chi connectivity index (χ2v) is 13.7. The lowest BCUT2D eigenvalue weighted by Crippen LogP contribution is -2.52. The largest absolute Gasteiger partial charge is 0.337 e. The predicted octanol–water partition coefficient (Wildman–Crippen LogP) is 4.62. The van der Waals surface area contributed by atoms with Crippen LogP contribution in [0.5, 0.6) is 0 Å². The van der Waals surface area contributed by atoms with Crippen molar-refractivity contribution in [3.8, 4) is 0 Å². The quantitative estimate of drug-likeness (QED) is 0.420. The number of halogens is 2. The number of sulfonamides is 1. The number of rotatable bonds is 9. The van der Waals surface area contributed by atoms with Crippen molar-refractivity contribution in [3.63, 3.8) is 0 Å². The van der Waals surface area contributed by atoms with Crippen LogP contribution in [-0.4, -0.2) is 89.5 Å². The van der Waals surface area contributed by atoms with Gasteiger partial charge in [0.05, 0.1) is 15.8 Å². The van der Waals surface area contributed by atoms with Crippen LogP contribution in [0.15, 0.2) is 24.5 Å². The zero-order valence-corrected chi connectivity index (χ0v) is 25.4. The topological polar surface area (TPSA) is 86.7 Å². The fraction of sp³-hybridized carbons (Fsp3) is 0.607. The van der Waals surface area contributed by atoms with Crippen LogP contribution in [0.3, 0.4) is 0 Å². The Bertz CT molecular complexity index is 1260. The number of carbonyl (C=O) groups excluding carboxylic acids is 1. The fourth-order valence-corrected chi connectivity index (χ4v) is 7.13. The van der Waals surface area contributed by atoms with Crippen LogP contribution in [0, 0.1) is 6.92 Å². The molecular weight excluding hydrogens is 557 g/mol. The summed E-state index contributed by atoms with van der Waals surface area (Å²) >= 11 is 12.2. The van der Waals surface area contributed by atoms with E-state index in [4.69, 9.17) is 23.2 Å². The van der Waals surface area contributed by atoms with E-state index in [0.29, 0.717) is 34.9 Å². The zero-order valence-electron chi connectivity index (χ0n) is 23.1. The molecule has 0 atom stereocenters. The summed E-state index contributed by atoms with van der Waals surface area (Å²) < 4.78 is 26.0. The number of benzene rings is 1. The molecule has 0 unspecified atom stereocenters. The molecule has 2 aromatic rings. The number of likely N-dealkylation sites (tertiary alicyclic amines) is 2. The maximum absolute atomic E-state index is 13.4. The Hall–Kier alpha value is -1.78. The van der Waals surface area contributed by atoms with E-state index in [0.717, 1.165) is 74.9 Å². The van der Waals surface area contributed by atoms with E-state index in [1.807, 2.05) is 30.0 Å². The Kier molecular flexibility index (Phi) is 10.3. The van der Waals surface area contributed by atoms with Gasteiger partial charge in [-0.25, -0.2) is 22.7 Å². The molecule has 1 aromatic heterocycles. The van der Waals surface area contributed by atoms with Crippen molar-refractivity contribution in [3.05, 3.63) is 57.1 Å². The van der Waals surface area contributed by atoms with Gasteiger partial charge >= 0.3 is 0 Å². The van der Waals surface area contributed by atoms with Gasteiger partial charge in [0.2, 0.25) is 10.0 Å². The number of nitrogens with zero attached hydrogens (tertiary/aromatic N) is 5. The number of carbonyl (C=O) groups is 1. The molecule has 0 spiro atoms. The van der Waals surface area contributed by atoms with Gasteiger partial charge in [-0.15, -0.1) is 0 Å². The molecule has 0 radical (unpaired) electrons. The highest BCUT2D eigenvalue weighted by Crippen LogP contribution is 2.26. The van der Waals surface area contributed by atoms with Crippen molar-refractivity contribution >= 4 is 39.1 Å². The van der Waals surface area contributed by atoms with Crippen molar-refractivity contribution in [1.29, 1.82) is 0 Å². The highest BCUT2D eigenvalue weighted by Gasteiger charge is 2.33. The molecule has 0 N–H and O–H groups in total. The van der Waals surface area contributed by atoms with Crippen LogP contribution in [0.2, 0.25) is 10.0 Å². The summed E-state index contributed by atoms with van der Waals surface area (Å²) in [5.74, 6) is 0.117. The van der Waals surface area contributed by atoms with Crippen molar-refractivity contribution in [1.82, 2.24) is 24.1 Å². The van der Waals surface area contributed by atoms with E-state index in [9.17, 15) is 13.2 Å². The Morgan fingerprint density at radius 2 is 1.72 bits per heavy atom. The maximum atomic E-state index is 13.4. The van der Waals surface area contributed by atoms with E-state index in [-0.39, 0.29) is 17.7 Å². The summed E-state index contributed by atoms with van der Waals surface area (Å²) in [6.07, 6.45) is 7.51. The number of piperidine rings is 2. The second-order valence-electron chi connectivity index (χ2n) is 10.6. The lowest BCUT2D eigenvalue weighted by molar-refractivity contribution is 0.0542. The molecule has 4 rings (SSSR count).